The lowest BCUT2D eigenvalue weighted by molar-refractivity contribution is -0.141. The molecule has 0 radical (unpaired) electrons. The van der Waals surface area contributed by atoms with E-state index in [9.17, 15) is 9.59 Å². The molecule has 2 N–H and O–H groups in total. The highest BCUT2D eigenvalue weighted by molar-refractivity contribution is 14.1. The second-order valence-corrected chi connectivity index (χ2v) is 4.80. The predicted molar refractivity (Wildman–Crippen MR) is 72.9 cm³/mol. The third kappa shape index (κ3) is 3.99. The first-order chi connectivity index (χ1) is 8.06. The molecule has 0 aliphatic carbocycles. The minimum atomic E-state index is -0.879. The Balaban J connectivity index is 2.62. The largest absolute Gasteiger partial charge is 0.481 e. The van der Waals surface area contributed by atoms with Gasteiger partial charge in [-0.25, -0.2) is 0 Å². The second kappa shape index (κ2) is 6.58. The van der Waals surface area contributed by atoms with Crippen LogP contribution in [0, 0.1) is 9.49 Å². The van der Waals surface area contributed by atoms with E-state index in [1.54, 1.807) is 19.1 Å². The van der Waals surface area contributed by atoms with Crippen LogP contribution in [0.3, 0.4) is 0 Å². The SMILES string of the molecule is CCC(CNC(=O)c1ccccc1I)C(=O)O. The van der Waals surface area contributed by atoms with Gasteiger partial charge in [0.15, 0.2) is 0 Å². The molecular formula is C12H14INO3. The molecule has 0 aliphatic rings. The Kier molecular flexibility index (Phi) is 5.40. The van der Waals surface area contributed by atoms with Crippen LogP contribution in [0.4, 0.5) is 0 Å². The van der Waals surface area contributed by atoms with Crippen molar-refractivity contribution in [2.75, 3.05) is 6.54 Å². The molecule has 1 aromatic rings. The van der Waals surface area contributed by atoms with Crippen molar-refractivity contribution in [2.24, 2.45) is 5.92 Å². The second-order valence-electron chi connectivity index (χ2n) is 3.63. The van der Waals surface area contributed by atoms with Gasteiger partial charge in [-0.3, -0.25) is 9.59 Å². The van der Waals surface area contributed by atoms with Crippen molar-refractivity contribution in [1.29, 1.82) is 0 Å². The van der Waals surface area contributed by atoms with Gasteiger partial charge in [0.25, 0.3) is 5.91 Å². The van der Waals surface area contributed by atoms with E-state index < -0.39 is 11.9 Å². The molecule has 0 saturated carbocycles. The van der Waals surface area contributed by atoms with Gasteiger partial charge in [-0.15, -0.1) is 0 Å². The molecule has 17 heavy (non-hydrogen) atoms. The van der Waals surface area contributed by atoms with Gasteiger partial charge in [-0.1, -0.05) is 19.1 Å². The number of carbonyl (C=O) groups excluding carboxylic acids is 1. The molecule has 4 nitrogen and oxygen atoms in total. The molecule has 1 amide bonds. The molecule has 1 atom stereocenters. The summed E-state index contributed by atoms with van der Waals surface area (Å²) in [6.07, 6.45) is 0.501. The minimum Gasteiger partial charge on any atom is -0.481 e. The van der Waals surface area contributed by atoms with Gasteiger partial charge in [0.2, 0.25) is 0 Å². The number of amides is 1. The monoisotopic (exact) mass is 347 g/mol. The first kappa shape index (κ1) is 14.0. The molecule has 0 fully saturated rings. The first-order valence-electron chi connectivity index (χ1n) is 5.31. The fourth-order valence-corrected chi connectivity index (χ4v) is 2.00. The van der Waals surface area contributed by atoms with Crippen LogP contribution in [0.1, 0.15) is 23.7 Å². The van der Waals surface area contributed by atoms with Crippen molar-refractivity contribution in [2.45, 2.75) is 13.3 Å². The summed E-state index contributed by atoms with van der Waals surface area (Å²) >= 11 is 2.08. The van der Waals surface area contributed by atoms with E-state index in [2.05, 4.69) is 27.9 Å². The smallest absolute Gasteiger partial charge is 0.308 e. The van der Waals surface area contributed by atoms with Gasteiger partial charge in [0, 0.05) is 10.1 Å². The molecule has 0 heterocycles. The number of carboxylic acid groups (broad SMARTS) is 1. The maximum atomic E-state index is 11.8. The van der Waals surface area contributed by atoms with E-state index in [4.69, 9.17) is 5.11 Å². The van der Waals surface area contributed by atoms with Crippen LogP contribution in [-0.4, -0.2) is 23.5 Å². The number of nitrogens with one attached hydrogen (secondary N) is 1. The van der Waals surface area contributed by atoms with Crippen LogP contribution in [0.25, 0.3) is 0 Å². The molecular weight excluding hydrogens is 333 g/mol. The quantitative estimate of drug-likeness (QED) is 0.802. The third-order valence-electron chi connectivity index (χ3n) is 2.47. The number of rotatable bonds is 5. The summed E-state index contributed by atoms with van der Waals surface area (Å²) in [5.74, 6) is -1.63. The summed E-state index contributed by atoms with van der Waals surface area (Å²) < 4.78 is 0.853. The first-order valence-corrected chi connectivity index (χ1v) is 6.39. The van der Waals surface area contributed by atoms with Crippen molar-refractivity contribution in [1.82, 2.24) is 5.32 Å². The summed E-state index contributed by atoms with van der Waals surface area (Å²) in [6.45, 7) is 1.95. The van der Waals surface area contributed by atoms with Crippen LogP contribution < -0.4 is 5.32 Å². The number of halogens is 1. The Bertz CT molecular complexity index is 420. The van der Waals surface area contributed by atoms with E-state index in [1.807, 2.05) is 12.1 Å². The average Bonchev–Trinajstić information content (AvgIpc) is 2.29. The lowest BCUT2D eigenvalue weighted by Crippen LogP contribution is -2.33. The summed E-state index contributed by atoms with van der Waals surface area (Å²) in [5, 5.41) is 11.5. The van der Waals surface area contributed by atoms with Gasteiger partial charge < -0.3 is 10.4 Å². The van der Waals surface area contributed by atoms with Gasteiger partial charge in [0.05, 0.1) is 11.5 Å². The highest BCUT2D eigenvalue weighted by atomic mass is 127. The van der Waals surface area contributed by atoms with Crippen LogP contribution in [0.2, 0.25) is 0 Å². The Labute approximate surface area is 114 Å². The summed E-state index contributed by atoms with van der Waals surface area (Å²) in [5.41, 5.74) is 0.577. The fourth-order valence-electron chi connectivity index (χ4n) is 1.36. The molecule has 92 valence electrons. The highest BCUT2D eigenvalue weighted by Crippen LogP contribution is 2.11. The number of hydrogen-bond donors (Lipinski definition) is 2. The van der Waals surface area contributed by atoms with Gasteiger partial charge >= 0.3 is 5.97 Å². The maximum Gasteiger partial charge on any atom is 0.308 e. The van der Waals surface area contributed by atoms with E-state index >= 15 is 0 Å². The lowest BCUT2D eigenvalue weighted by Gasteiger charge is -2.11. The minimum absolute atomic E-state index is 0.162. The fraction of sp³-hybridized carbons (Fsp3) is 0.333. The molecule has 1 aromatic carbocycles. The molecule has 1 unspecified atom stereocenters. The summed E-state index contributed by atoms with van der Waals surface area (Å²) in [6, 6.07) is 7.19. The van der Waals surface area contributed by atoms with Crippen molar-refractivity contribution >= 4 is 34.5 Å². The zero-order valence-electron chi connectivity index (χ0n) is 9.44. The van der Waals surface area contributed by atoms with E-state index in [0.29, 0.717) is 12.0 Å². The number of hydrogen-bond acceptors (Lipinski definition) is 2. The zero-order chi connectivity index (χ0) is 12.8. The Morgan fingerprint density at radius 3 is 2.59 bits per heavy atom. The standard InChI is InChI=1S/C12H14INO3/c1-2-8(12(16)17)7-14-11(15)9-5-3-4-6-10(9)13/h3-6,8H,2,7H2,1H3,(H,14,15)(H,16,17). The van der Waals surface area contributed by atoms with Crippen molar-refractivity contribution in [3.63, 3.8) is 0 Å². The molecule has 1 rings (SSSR count). The summed E-state index contributed by atoms with van der Waals surface area (Å²) in [4.78, 5) is 22.6. The van der Waals surface area contributed by atoms with Crippen LogP contribution in [-0.2, 0) is 4.79 Å². The van der Waals surface area contributed by atoms with E-state index in [-0.39, 0.29) is 12.5 Å². The maximum absolute atomic E-state index is 11.8. The molecule has 0 aromatic heterocycles. The lowest BCUT2D eigenvalue weighted by atomic mass is 10.1. The van der Waals surface area contributed by atoms with Crippen molar-refractivity contribution < 1.29 is 14.7 Å². The van der Waals surface area contributed by atoms with E-state index in [1.165, 1.54) is 0 Å². The Morgan fingerprint density at radius 1 is 1.41 bits per heavy atom. The number of carboxylic acids is 1. The highest BCUT2D eigenvalue weighted by Gasteiger charge is 2.17. The van der Waals surface area contributed by atoms with Crippen molar-refractivity contribution in [3.05, 3.63) is 33.4 Å². The molecule has 5 heteroatoms. The van der Waals surface area contributed by atoms with E-state index in [0.717, 1.165) is 3.57 Å². The third-order valence-corrected chi connectivity index (χ3v) is 3.41. The summed E-state index contributed by atoms with van der Waals surface area (Å²) in [7, 11) is 0. The number of benzene rings is 1. The van der Waals surface area contributed by atoms with Gasteiger partial charge in [-0.05, 0) is 41.1 Å². The zero-order valence-corrected chi connectivity index (χ0v) is 11.6. The van der Waals surface area contributed by atoms with Gasteiger partial charge in [0.1, 0.15) is 0 Å². The van der Waals surface area contributed by atoms with Crippen molar-refractivity contribution in [3.8, 4) is 0 Å². The Morgan fingerprint density at radius 2 is 2.06 bits per heavy atom. The molecule has 0 aliphatic heterocycles. The van der Waals surface area contributed by atoms with Crippen LogP contribution in [0.15, 0.2) is 24.3 Å². The van der Waals surface area contributed by atoms with Gasteiger partial charge in [-0.2, -0.15) is 0 Å². The predicted octanol–water partition coefficient (Wildman–Crippen LogP) is 2.13. The normalized spacial score (nSPS) is 11.9. The van der Waals surface area contributed by atoms with Crippen LogP contribution >= 0.6 is 22.6 Å². The average molecular weight is 347 g/mol. The Hall–Kier alpha value is -1.11. The topological polar surface area (TPSA) is 66.4 Å². The molecule has 0 spiro atoms. The molecule has 0 bridgehead atoms. The van der Waals surface area contributed by atoms with Crippen LogP contribution in [0.5, 0.6) is 0 Å². The molecule has 0 saturated heterocycles. The number of aliphatic carboxylic acids is 1. The number of carbonyl (C=O) groups is 2.